The zero-order chi connectivity index (χ0) is 14.0. The van der Waals surface area contributed by atoms with E-state index in [1.54, 1.807) is 7.11 Å². The number of nitrogens with zero attached hydrogens (tertiary/aromatic N) is 1. The Morgan fingerprint density at radius 2 is 2.21 bits per heavy atom. The van der Waals surface area contributed by atoms with E-state index in [1.807, 2.05) is 6.92 Å². The topological polar surface area (TPSA) is 76.1 Å². The molecule has 6 heteroatoms. The van der Waals surface area contributed by atoms with Crippen LogP contribution in [0.4, 0.5) is 0 Å². The number of hydrogen-bond donors (Lipinski definition) is 1. The molecule has 108 valence electrons. The molecule has 0 aliphatic carbocycles. The highest BCUT2D eigenvalue weighted by molar-refractivity contribution is 5.86. The van der Waals surface area contributed by atoms with Gasteiger partial charge in [-0.25, -0.2) is 4.79 Å². The quantitative estimate of drug-likeness (QED) is 0.806. The molecule has 0 aromatic rings. The maximum absolute atomic E-state index is 12.5. The highest BCUT2D eigenvalue weighted by Crippen LogP contribution is 2.29. The number of hydrogen-bond acceptors (Lipinski definition) is 4. The van der Waals surface area contributed by atoms with E-state index in [1.165, 1.54) is 4.90 Å². The van der Waals surface area contributed by atoms with E-state index in [9.17, 15) is 14.7 Å². The van der Waals surface area contributed by atoms with Gasteiger partial charge in [0.1, 0.15) is 6.04 Å². The molecule has 2 heterocycles. The molecule has 0 aromatic heterocycles. The van der Waals surface area contributed by atoms with Crippen molar-refractivity contribution in [2.24, 2.45) is 5.92 Å². The zero-order valence-electron chi connectivity index (χ0n) is 11.4. The van der Waals surface area contributed by atoms with Crippen LogP contribution < -0.4 is 0 Å². The van der Waals surface area contributed by atoms with Crippen molar-refractivity contribution in [3.63, 3.8) is 0 Å². The Hall–Kier alpha value is -1.14. The van der Waals surface area contributed by atoms with E-state index in [0.29, 0.717) is 26.0 Å². The lowest BCUT2D eigenvalue weighted by atomic mass is 9.97. The first-order valence-corrected chi connectivity index (χ1v) is 6.76. The van der Waals surface area contributed by atoms with Crippen LogP contribution in [0.25, 0.3) is 0 Å². The molecule has 2 aliphatic heterocycles. The summed E-state index contributed by atoms with van der Waals surface area (Å²) < 4.78 is 10.7. The average Bonchev–Trinajstić information content (AvgIpc) is 3.03. The fourth-order valence-electron chi connectivity index (χ4n) is 2.99. The number of rotatable bonds is 4. The lowest BCUT2D eigenvalue weighted by Gasteiger charge is -2.26. The molecule has 2 fully saturated rings. The van der Waals surface area contributed by atoms with Gasteiger partial charge < -0.3 is 19.5 Å². The van der Waals surface area contributed by atoms with Gasteiger partial charge in [0, 0.05) is 26.7 Å². The minimum Gasteiger partial charge on any atom is -0.480 e. The van der Waals surface area contributed by atoms with Crippen molar-refractivity contribution >= 4 is 11.9 Å². The van der Waals surface area contributed by atoms with Gasteiger partial charge in [-0.1, -0.05) is 6.92 Å². The molecule has 0 bridgehead atoms. The monoisotopic (exact) mass is 271 g/mol. The van der Waals surface area contributed by atoms with E-state index in [2.05, 4.69) is 0 Å². The van der Waals surface area contributed by atoms with Crippen LogP contribution in [-0.2, 0) is 19.1 Å². The number of ether oxygens (including phenoxy) is 2. The molecule has 0 spiro atoms. The third-order valence-corrected chi connectivity index (χ3v) is 4.09. The molecular weight excluding hydrogens is 250 g/mol. The van der Waals surface area contributed by atoms with Crippen LogP contribution in [-0.4, -0.2) is 60.4 Å². The molecule has 0 aromatic carbocycles. The first kappa shape index (κ1) is 14.3. The summed E-state index contributed by atoms with van der Waals surface area (Å²) in [4.78, 5) is 25.2. The molecule has 2 saturated heterocycles. The fourth-order valence-corrected chi connectivity index (χ4v) is 2.99. The van der Waals surface area contributed by atoms with Crippen molar-refractivity contribution in [1.82, 2.24) is 4.90 Å². The minimum absolute atomic E-state index is 0.0801. The maximum atomic E-state index is 12.5. The van der Waals surface area contributed by atoms with Crippen LogP contribution in [0.15, 0.2) is 0 Å². The molecule has 2 rings (SSSR count). The molecule has 4 atom stereocenters. The summed E-state index contributed by atoms with van der Waals surface area (Å²) in [6.07, 6.45) is 1.55. The number of carboxylic acids is 1. The Labute approximate surface area is 112 Å². The minimum atomic E-state index is -0.958. The number of carbonyl (C=O) groups is 2. The van der Waals surface area contributed by atoms with Crippen molar-refractivity contribution in [2.45, 2.75) is 44.4 Å². The Morgan fingerprint density at radius 3 is 2.79 bits per heavy atom. The summed E-state index contributed by atoms with van der Waals surface area (Å²) in [5.74, 6) is -1.27. The van der Waals surface area contributed by atoms with Gasteiger partial charge in [0.15, 0.2) is 0 Å². The normalized spacial score (nSPS) is 34.7. The Kier molecular flexibility index (Phi) is 4.42. The Balaban J connectivity index is 2.10. The lowest BCUT2D eigenvalue weighted by Crippen LogP contribution is -2.45. The third kappa shape index (κ3) is 2.74. The van der Waals surface area contributed by atoms with E-state index < -0.39 is 12.0 Å². The molecule has 0 radical (unpaired) electrons. The van der Waals surface area contributed by atoms with Crippen molar-refractivity contribution in [3.8, 4) is 0 Å². The summed E-state index contributed by atoms with van der Waals surface area (Å²) >= 11 is 0. The maximum Gasteiger partial charge on any atom is 0.326 e. The van der Waals surface area contributed by atoms with Gasteiger partial charge in [0.05, 0.1) is 18.1 Å². The van der Waals surface area contributed by atoms with Gasteiger partial charge in [-0.15, -0.1) is 0 Å². The van der Waals surface area contributed by atoms with Crippen molar-refractivity contribution in [1.29, 1.82) is 0 Å². The number of likely N-dealkylation sites (tertiary alicyclic amines) is 1. The van der Waals surface area contributed by atoms with Gasteiger partial charge in [-0.2, -0.15) is 0 Å². The second kappa shape index (κ2) is 5.88. The van der Waals surface area contributed by atoms with Crippen molar-refractivity contribution in [2.75, 3.05) is 20.3 Å². The van der Waals surface area contributed by atoms with Gasteiger partial charge >= 0.3 is 5.97 Å². The summed E-state index contributed by atoms with van der Waals surface area (Å²) in [5, 5.41) is 9.23. The molecule has 0 saturated carbocycles. The Bertz CT molecular complexity index is 359. The van der Waals surface area contributed by atoms with E-state index >= 15 is 0 Å². The van der Waals surface area contributed by atoms with Crippen LogP contribution >= 0.6 is 0 Å². The molecule has 1 amide bonds. The standard InChI is InChI=1S/C13H21NO5/c1-3-11-9(4-5-19-11)12(15)14-7-8(18-2)6-10(14)13(16)17/h8-11H,3-7H2,1-2H3,(H,16,17). The van der Waals surface area contributed by atoms with Gasteiger partial charge in [0.2, 0.25) is 5.91 Å². The highest BCUT2D eigenvalue weighted by Gasteiger charge is 2.44. The predicted octanol–water partition coefficient (Wildman–Crippen LogP) is 0.502. The summed E-state index contributed by atoms with van der Waals surface area (Å²) in [6.45, 7) is 2.92. The Morgan fingerprint density at radius 1 is 1.47 bits per heavy atom. The van der Waals surface area contributed by atoms with Gasteiger partial charge in [-0.05, 0) is 12.8 Å². The molecule has 4 unspecified atom stereocenters. The fraction of sp³-hybridized carbons (Fsp3) is 0.846. The smallest absolute Gasteiger partial charge is 0.326 e. The molecule has 1 N–H and O–H groups in total. The summed E-state index contributed by atoms with van der Waals surface area (Å²) in [7, 11) is 1.55. The second-order valence-corrected chi connectivity index (χ2v) is 5.15. The van der Waals surface area contributed by atoms with Crippen LogP contribution in [0.1, 0.15) is 26.2 Å². The van der Waals surface area contributed by atoms with Gasteiger partial charge in [0.25, 0.3) is 0 Å². The number of aliphatic carboxylic acids is 1. The van der Waals surface area contributed by atoms with E-state index in [0.717, 1.165) is 6.42 Å². The first-order valence-electron chi connectivity index (χ1n) is 6.76. The predicted molar refractivity (Wildman–Crippen MR) is 66.7 cm³/mol. The number of amides is 1. The van der Waals surface area contributed by atoms with Crippen LogP contribution in [0.3, 0.4) is 0 Å². The van der Waals surface area contributed by atoms with Crippen LogP contribution in [0, 0.1) is 5.92 Å². The number of methoxy groups -OCH3 is 1. The average molecular weight is 271 g/mol. The molecule has 19 heavy (non-hydrogen) atoms. The summed E-state index contributed by atoms with van der Waals surface area (Å²) in [5.41, 5.74) is 0. The van der Waals surface area contributed by atoms with Gasteiger partial charge in [-0.3, -0.25) is 4.79 Å². The van der Waals surface area contributed by atoms with E-state index in [-0.39, 0.29) is 24.0 Å². The highest BCUT2D eigenvalue weighted by atomic mass is 16.5. The number of carboxylic acid groups (broad SMARTS) is 1. The van der Waals surface area contributed by atoms with Crippen molar-refractivity contribution in [3.05, 3.63) is 0 Å². The SMILES string of the molecule is CCC1OCCC1C(=O)N1CC(OC)CC1C(=O)O. The first-order chi connectivity index (χ1) is 9.08. The van der Waals surface area contributed by atoms with Crippen LogP contribution in [0.2, 0.25) is 0 Å². The molecule has 2 aliphatic rings. The van der Waals surface area contributed by atoms with E-state index in [4.69, 9.17) is 9.47 Å². The second-order valence-electron chi connectivity index (χ2n) is 5.15. The molecule has 6 nitrogen and oxygen atoms in total. The summed E-state index contributed by atoms with van der Waals surface area (Å²) in [6, 6.07) is -0.768. The van der Waals surface area contributed by atoms with Crippen LogP contribution in [0.5, 0.6) is 0 Å². The van der Waals surface area contributed by atoms with Crippen molar-refractivity contribution < 1.29 is 24.2 Å². The number of carbonyl (C=O) groups excluding carboxylic acids is 1. The third-order valence-electron chi connectivity index (χ3n) is 4.09. The lowest BCUT2D eigenvalue weighted by molar-refractivity contribution is -0.150. The molecular formula is C13H21NO5. The zero-order valence-corrected chi connectivity index (χ0v) is 11.4. The largest absolute Gasteiger partial charge is 0.480 e.